The molecule has 0 fully saturated rings. The molecular weight excluding hydrogens is 358 g/mol. The number of amides is 1. The van der Waals surface area contributed by atoms with E-state index in [0.717, 1.165) is 5.56 Å². The molecule has 0 saturated carbocycles. The summed E-state index contributed by atoms with van der Waals surface area (Å²) in [5.41, 5.74) is 3.54. The molecule has 0 atom stereocenters. The molecule has 0 saturated heterocycles. The molecule has 1 aliphatic heterocycles. The summed E-state index contributed by atoms with van der Waals surface area (Å²) < 4.78 is 16.4. The van der Waals surface area contributed by atoms with Crippen LogP contribution in [-0.2, 0) is 0 Å². The minimum atomic E-state index is -0.269. The number of carbonyl (C=O) groups excluding carboxylic acids is 1. The molecule has 0 unspecified atom stereocenters. The van der Waals surface area contributed by atoms with Crippen LogP contribution in [0.1, 0.15) is 16.1 Å². The second-order valence-electron chi connectivity index (χ2n) is 6.35. The Labute approximate surface area is 159 Å². The average Bonchev–Trinajstić information content (AvgIpc) is 3.34. The molecule has 2 aromatic carbocycles. The first-order valence-electron chi connectivity index (χ1n) is 8.72. The number of rotatable bonds is 3. The quantitative estimate of drug-likeness (QED) is 0.580. The number of aryl methyl sites for hydroxylation is 1. The van der Waals surface area contributed by atoms with Gasteiger partial charge in [-0.3, -0.25) is 4.79 Å². The van der Waals surface area contributed by atoms with Crippen LogP contribution in [0.3, 0.4) is 0 Å². The van der Waals surface area contributed by atoms with E-state index in [1.807, 2.05) is 30.3 Å². The molecule has 0 radical (unpaired) electrons. The molecule has 1 N–H and O–H groups in total. The van der Waals surface area contributed by atoms with Crippen molar-refractivity contribution < 1.29 is 18.7 Å². The summed E-state index contributed by atoms with van der Waals surface area (Å²) in [7, 11) is 0. The lowest BCUT2D eigenvalue weighted by Gasteiger charge is -2.08. The zero-order valence-corrected chi connectivity index (χ0v) is 14.9. The summed E-state index contributed by atoms with van der Waals surface area (Å²) in [6.07, 6.45) is 0. The van der Waals surface area contributed by atoms with Crippen LogP contribution < -0.4 is 14.8 Å². The molecule has 4 aromatic rings. The number of ether oxygens (including phenoxy) is 2. The molecule has 28 heavy (non-hydrogen) atoms. The molecule has 138 valence electrons. The number of nitrogens with zero attached hydrogens (tertiary/aromatic N) is 2. The number of carbonyl (C=O) groups is 1. The first kappa shape index (κ1) is 16.3. The van der Waals surface area contributed by atoms with Crippen molar-refractivity contribution in [2.75, 3.05) is 12.1 Å². The fraction of sp³-hybridized carbons (Fsp3) is 0.0952. The van der Waals surface area contributed by atoms with Gasteiger partial charge < -0.3 is 19.2 Å². The van der Waals surface area contributed by atoms with Gasteiger partial charge in [-0.25, -0.2) is 9.97 Å². The predicted molar refractivity (Wildman–Crippen MR) is 102 cm³/mol. The number of hydrogen-bond acceptors (Lipinski definition) is 6. The largest absolute Gasteiger partial charge is 0.454 e. The molecule has 7 nitrogen and oxygen atoms in total. The Morgan fingerprint density at radius 2 is 1.82 bits per heavy atom. The van der Waals surface area contributed by atoms with Gasteiger partial charge in [0.15, 0.2) is 11.5 Å². The third-order valence-electron chi connectivity index (χ3n) is 4.48. The fourth-order valence-corrected chi connectivity index (χ4v) is 3.01. The summed E-state index contributed by atoms with van der Waals surface area (Å²) >= 11 is 0. The van der Waals surface area contributed by atoms with Crippen molar-refractivity contribution in [2.24, 2.45) is 0 Å². The van der Waals surface area contributed by atoms with Crippen LogP contribution in [0, 0.1) is 6.92 Å². The standard InChI is InChI=1S/C21H15N3O4/c1-12-15(23-19(25)14-7-8-17-18(9-14)27-11-26-17)10-16-21(22-12)28-20(24-16)13-5-3-2-4-6-13/h2-10H,11H2,1H3,(H,23,25). The number of fused-ring (bicyclic) bond motifs is 2. The van der Waals surface area contributed by atoms with E-state index in [2.05, 4.69) is 15.3 Å². The third kappa shape index (κ3) is 2.83. The van der Waals surface area contributed by atoms with E-state index >= 15 is 0 Å². The van der Waals surface area contributed by atoms with E-state index in [4.69, 9.17) is 13.9 Å². The van der Waals surface area contributed by atoms with E-state index in [1.165, 1.54) is 0 Å². The third-order valence-corrected chi connectivity index (χ3v) is 4.48. The lowest BCUT2D eigenvalue weighted by atomic mass is 10.2. The monoisotopic (exact) mass is 373 g/mol. The molecule has 0 aliphatic carbocycles. The molecular formula is C21H15N3O4. The average molecular weight is 373 g/mol. The zero-order chi connectivity index (χ0) is 19.1. The molecule has 0 bridgehead atoms. The van der Waals surface area contributed by atoms with Crippen LogP contribution in [0.25, 0.3) is 22.7 Å². The summed E-state index contributed by atoms with van der Waals surface area (Å²) in [6.45, 7) is 1.97. The van der Waals surface area contributed by atoms with Crippen molar-refractivity contribution in [3.8, 4) is 23.0 Å². The summed E-state index contributed by atoms with van der Waals surface area (Å²) in [5.74, 6) is 1.41. The smallest absolute Gasteiger partial charge is 0.255 e. The number of aromatic nitrogens is 2. The first-order chi connectivity index (χ1) is 13.7. The SMILES string of the molecule is Cc1nc2oc(-c3ccccc3)nc2cc1NC(=O)c1ccc2c(c1)OCO2. The molecule has 7 heteroatoms. The lowest BCUT2D eigenvalue weighted by Crippen LogP contribution is -2.13. The predicted octanol–water partition coefficient (Wildman–Crippen LogP) is 4.18. The Morgan fingerprint density at radius 3 is 2.68 bits per heavy atom. The van der Waals surface area contributed by atoms with Gasteiger partial charge in [-0.15, -0.1) is 0 Å². The Morgan fingerprint density at radius 1 is 1.00 bits per heavy atom. The maximum Gasteiger partial charge on any atom is 0.255 e. The van der Waals surface area contributed by atoms with E-state index in [-0.39, 0.29) is 12.7 Å². The summed E-state index contributed by atoms with van der Waals surface area (Å²) in [4.78, 5) is 21.6. The van der Waals surface area contributed by atoms with Gasteiger partial charge in [-0.05, 0) is 43.3 Å². The summed E-state index contributed by atoms with van der Waals surface area (Å²) in [6, 6.07) is 16.4. The highest BCUT2D eigenvalue weighted by Crippen LogP contribution is 2.33. The number of pyridine rings is 1. The Hall–Kier alpha value is -3.87. The highest BCUT2D eigenvalue weighted by atomic mass is 16.7. The van der Waals surface area contributed by atoms with Crippen LogP contribution in [-0.4, -0.2) is 22.7 Å². The molecule has 1 aliphatic rings. The number of nitrogens with one attached hydrogen (secondary N) is 1. The Kier molecular flexibility index (Phi) is 3.72. The van der Waals surface area contributed by atoms with Gasteiger partial charge in [0.25, 0.3) is 5.91 Å². The Balaban J connectivity index is 1.45. The van der Waals surface area contributed by atoms with Crippen molar-refractivity contribution in [3.05, 3.63) is 65.9 Å². The van der Waals surface area contributed by atoms with E-state index < -0.39 is 0 Å². The summed E-state index contributed by atoms with van der Waals surface area (Å²) in [5, 5.41) is 2.88. The second kappa shape index (κ2) is 6.38. The minimum absolute atomic E-state index is 0.163. The number of anilines is 1. The van der Waals surface area contributed by atoms with Crippen LogP contribution in [0.15, 0.2) is 59.0 Å². The van der Waals surface area contributed by atoms with E-state index in [1.54, 1.807) is 31.2 Å². The van der Waals surface area contributed by atoms with E-state index in [0.29, 0.717) is 45.6 Å². The number of hydrogen-bond donors (Lipinski definition) is 1. The van der Waals surface area contributed by atoms with Crippen molar-refractivity contribution in [1.82, 2.24) is 9.97 Å². The highest BCUT2D eigenvalue weighted by molar-refractivity contribution is 6.05. The van der Waals surface area contributed by atoms with Gasteiger partial charge >= 0.3 is 0 Å². The molecule has 0 spiro atoms. The topological polar surface area (TPSA) is 86.5 Å². The minimum Gasteiger partial charge on any atom is -0.454 e. The maximum atomic E-state index is 12.6. The normalized spacial score (nSPS) is 12.3. The van der Waals surface area contributed by atoms with Crippen LogP contribution in [0.4, 0.5) is 5.69 Å². The van der Waals surface area contributed by atoms with Gasteiger partial charge in [0.1, 0.15) is 5.52 Å². The van der Waals surface area contributed by atoms with Crippen molar-refractivity contribution in [3.63, 3.8) is 0 Å². The highest BCUT2D eigenvalue weighted by Gasteiger charge is 2.18. The number of benzene rings is 2. The Bertz CT molecular complexity index is 1200. The van der Waals surface area contributed by atoms with Gasteiger partial charge in [-0.2, -0.15) is 0 Å². The van der Waals surface area contributed by atoms with Gasteiger partial charge in [0.2, 0.25) is 18.4 Å². The molecule has 2 aromatic heterocycles. The number of oxazole rings is 1. The molecule has 3 heterocycles. The van der Waals surface area contributed by atoms with Gasteiger partial charge in [0.05, 0.1) is 11.4 Å². The van der Waals surface area contributed by atoms with Gasteiger partial charge in [0, 0.05) is 11.1 Å². The van der Waals surface area contributed by atoms with Crippen LogP contribution >= 0.6 is 0 Å². The lowest BCUT2D eigenvalue weighted by molar-refractivity contribution is 0.102. The zero-order valence-electron chi connectivity index (χ0n) is 14.9. The van der Waals surface area contributed by atoms with Crippen LogP contribution in [0.5, 0.6) is 11.5 Å². The molecule has 5 rings (SSSR count). The van der Waals surface area contributed by atoms with Gasteiger partial charge in [-0.1, -0.05) is 18.2 Å². The van der Waals surface area contributed by atoms with E-state index in [9.17, 15) is 4.79 Å². The first-order valence-corrected chi connectivity index (χ1v) is 8.72. The van der Waals surface area contributed by atoms with Crippen molar-refractivity contribution >= 4 is 22.8 Å². The second-order valence-corrected chi connectivity index (χ2v) is 6.35. The fourth-order valence-electron chi connectivity index (χ4n) is 3.01. The molecule has 1 amide bonds. The van der Waals surface area contributed by atoms with Crippen molar-refractivity contribution in [2.45, 2.75) is 6.92 Å². The maximum absolute atomic E-state index is 12.6. The van der Waals surface area contributed by atoms with Crippen LogP contribution in [0.2, 0.25) is 0 Å². The van der Waals surface area contributed by atoms with Crippen molar-refractivity contribution in [1.29, 1.82) is 0 Å².